The van der Waals surface area contributed by atoms with Gasteiger partial charge in [-0.2, -0.15) is 5.26 Å². The molecule has 2 fully saturated rings. The average Bonchev–Trinajstić information content (AvgIpc) is 2.91. The number of hydroxylamine groups is 2. The largest absolute Gasteiger partial charge is 0.528 e. The number of Topliss-reactive ketones (excluding diaryl/α,β-unsaturated/α-hetero) is 1. The number of hydrogen-bond donors (Lipinski definition) is 0. The van der Waals surface area contributed by atoms with Crippen LogP contribution in [0.15, 0.2) is 24.3 Å². The van der Waals surface area contributed by atoms with Gasteiger partial charge in [0.2, 0.25) is 12.2 Å². The van der Waals surface area contributed by atoms with Gasteiger partial charge in [0, 0.05) is 56.9 Å². The van der Waals surface area contributed by atoms with Crippen molar-refractivity contribution in [2.45, 2.75) is 84.7 Å². The Kier molecular flexibility index (Phi) is 11.3. The number of esters is 1. The lowest BCUT2D eigenvalue weighted by atomic mass is 9.96. The van der Waals surface area contributed by atoms with Gasteiger partial charge >= 0.3 is 12.1 Å². The van der Waals surface area contributed by atoms with Gasteiger partial charge in [-0.25, -0.2) is 4.79 Å². The third kappa shape index (κ3) is 10.1. The van der Waals surface area contributed by atoms with E-state index < -0.39 is 29.9 Å². The molecule has 1 aromatic rings. The van der Waals surface area contributed by atoms with Crippen LogP contribution in [0.1, 0.15) is 82.6 Å². The van der Waals surface area contributed by atoms with Gasteiger partial charge in [0.1, 0.15) is 5.60 Å². The summed E-state index contributed by atoms with van der Waals surface area (Å²) in [4.78, 5) is 56.5. The molecule has 2 saturated heterocycles. The van der Waals surface area contributed by atoms with Crippen molar-refractivity contribution in [3.63, 3.8) is 0 Å². The normalized spacial score (nSPS) is 18.6. The highest BCUT2D eigenvalue weighted by Gasteiger charge is 2.35. The summed E-state index contributed by atoms with van der Waals surface area (Å²) in [6.45, 7) is 10.3. The molecule has 224 valence electrons. The molecule has 0 radical (unpaired) electrons. The zero-order chi connectivity index (χ0) is 30.2. The molecule has 2 aliphatic rings. The molecule has 0 spiro atoms. The minimum Gasteiger partial charge on any atom is -0.436 e. The molecule has 0 bridgehead atoms. The van der Waals surface area contributed by atoms with Crippen LogP contribution in [0, 0.1) is 23.2 Å². The van der Waals surface area contributed by atoms with Crippen molar-refractivity contribution < 1.29 is 38.2 Å². The molecule has 0 N–H and O–H groups in total. The molecule has 11 heteroatoms. The molecular weight excluding hydrogens is 530 g/mol. The van der Waals surface area contributed by atoms with Crippen LogP contribution in [0.5, 0.6) is 0 Å². The number of rotatable bonds is 9. The Morgan fingerprint density at radius 2 is 1.61 bits per heavy atom. The van der Waals surface area contributed by atoms with E-state index >= 15 is 0 Å². The van der Waals surface area contributed by atoms with Crippen LogP contribution < -0.4 is 0 Å². The molecule has 3 rings (SSSR count). The monoisotopic (exact) mass is 571 g/mol. The first-order valence-corrected chi connectivity index (χ1v) is 14.2. The Balaban J connectivity index is 1.46. The predicted molar refractivity (Wildman–Crippen MR) is 147 cm³/mol. The molecule has 2 aliphatic heterocycles. The summed E-state index contributed by atoms with van der Waals surface area (Å²) in [5.74, 6) is -1.20. The highest BCUT2D eigenvalue weighted by Crippen LogP contribution is 2.28. The summed E-state index contributed by atoms with van der Waals surface area (Å²) in [6, 6.07) is 8.43. The molecule has 0 aliphatic carbocycles. The van der Waals surface area contributed by atoms with Gasteiger partial charge in [-0.05, 0) is 58.6 Å². The fraction of sp³-hybridized carbons (Fsp3) is 0.633. The van der Waals surface area contributed by atoms with E-state index in [0.717, 1.165) is 0 Å². The van der Waals surface area contributed by atoms with Crippen molar-refractivity contribution >= 4 is 23.8 Å². The number of carbonyl (C=O) groups is 4. The van der Waals surface area contributed by atoms with Gasteiger partial charge < -0.3 is 23.9 Å². The number of ether oxygens (including phenoxy) is 3. The van der Waals surface area contributed by atoms with Crippen LogP contribution in [0.25, 0.3) is 0 Å². The molecule has 2 heterocycles. The molecule has 11 nitrogen and oxygen atoms in total. The number of amides is 1. The van der Waals surface area contributed by atoms with E-state index in [0.29, 0.717) is 63.0 Å². The van der Waals surface area contributed by atoms with Gasteiger partial charge in [0.25, 0.3) is 0 Å². The van der Waals surface area contributed by atoms with Gasteiger partial charge in [-0.15, -0.1) is 5.06 Å². The Labute approximate surface area is 241 Å². The lowest BCUT2D eigenvalue weighted by molar-refractivity contribution is -0.221. The van der Waals surface area contributed by atoms with Gasteiger partial charge in [0.15, 0.2) is 5.78 Å². The van der Waals surface area contributed by atoms with Crippen LogP contribution in [-0.4, -0.2) is 78.0 Å². The molecule has 1 amide bonds. The third-order valence-corrected chi connectivity index (χ3v) is 7.09. The van der Waals surface area contributed by atoms with Crippen molar-refractivity contribution in [3.8, 4) is 6.07 Å². The maximum atomic E-state index is 13.0. The average molecular weight is 572 g/mol. The zero-order valence-corrected chi connectivity index (χ0v) is 24.6. The van der Waals surface area contributed by atoms with Crippen LogP contribution in [0.4, 0.5) is 4.79 Å². The molecule has 0 saturated carbocycles. The fourth-order valence-corrected chi connectivity index (χ4v) is 4.94. The fourth-order valence-electron chi connectivity index (χ4n) is 4.94. The first-order chi connectivity index (χ1) is 19.3. The highest BCUT2D eigenvalue weighted by molar-refractivity contribution is 5.98. The SMILES string of the molecule is CC(=O)O[C@@H](OC1CCN(C(=O)C(C)CC(=O)c2ccc(C#N)cc2)CC1)C1CCN(OC(=O)OC(C)(C)C)CC1. The summed E-state index contributed by atoms with van der Waals surface area (Å²) < 4.78 is 17.0. The van der Waals surface area contributed by atoms with Crippen molar-refractivity contribution in [1.29, 1.82) is 5.26 Å². The number of ketones is 1. The lowest BCUT2D eigenvalue weighted by Crippen LogP contribution is -2.46. The van der Waals surface area contributed by atoms with Crippen LogP contribution >= 0.6 is 0 Å². The van der Waals surface area contributed by atoms with Crippen molar-refractivity contribution in [3.05, 3.63) is 35.4 Å². The number of piperidine rings is 2. The Hall–Kier alpha value is -3.49. The van der Waals surface area contributed by atoms with E-state index in [4.69, 9.17) is 24.3 Å². The quantitative estimate of drug-likeness (QED) is 0.240. The summed E-state index contributed by atoms with van der Waals surface area (Å²) >= 11 is 0. The number of likely N-dealkylation sites (tertiary alicyclic amines) is 1. The summed E-state index contributed by atoms with van der Waals surface area (Å²) in [7, 11) is 0. The van der Waals surface area contributed by atoms with Crippen LogP contribution in [-0.2, 0) is 28.6 Å². The van der Waals surface area contributed by atoms with E-state index in [1.807, 2.05) is 6.07 Å². The number of nitrogens with zero attached hydrogens (tertiary/aromatic N) is 3. The Morgan fingerprint density at radius 3 is 2.15 bits per heavy atom. The van der Waals surface area contributed by atoms with Gasteiger partial charge in [-0.3, -0.25) is 14.4 Å². The summed E-state index contributed by atoms with van der Waals surface area (Å²) in [5.41, 5.74) is 0.310. The summed E-state index contributed by atoms with van der Waals surface area (Å²) in [6.07, 6.45) is 0.791. The van der Waals surface area contributed by atoms with Crippen molar-refractivity contribution in [1.82, 2.24) is 9.96 Å². The maximum absolute atomic E-state index is 13.0. The number of hydrogen-bond acceptors (Lipinski definition) is 10. The predicted octanol–water partition coefficient (Wildman–Crippen LogP) is 4.24. The minimum absolute atomic E-state index is 0.0645. The lowest BCUT2D eigenvalue weighted by Gasteiger charge is -2.38. The number of nitriles is 1. The van der Waals surface area contributed by atoms with E-state index in [9.17, 15) is 19.2 Å². The molecule has 2 atom stereocenters. The first kappa shape index (κ1) is 32.0. The Morgan fingerprint density at radius 1 is 1.00 bits per heavy atom. The maximum Gasteiger partial charge on any atom is 0.528 e. The van der Waals surface area contributed by atoms with Crippen LogP contribution in [0.2, 0.25) is 0 Å². The van der Waals surface area contributed by atoms with E-state index in [2.05, 4.69) is 0 Å². The topological polar surface area (TPSA) is 135 Å². The smallest absolute Gasteiger partial charge is 0.436 e. The zero-order valence-electron chi connectivity index (χ0n) is 24.6. The molecule has 41 heavy (non-hydrogen) atoms. The molecular formula is C30H41N3O8. The summed E-state index contributed by atoms with van der Waals surface area (Å²) in [5, 5.41) is 10.5. The molecule has 0 aromatic heterocycles. The van der Waals surface area contributed by atoms with E-state index in [-0.39, 0.29) is 30.1 Å². The van der Waals surface area contributed by atoms with Crippen LogP contribution in [0.3, 0.4) is 0 Å². The van der Waals surface area contributed by atoms with E-state index in [1.165, 1.54) is 6.92 Å². The highest BCUT2D eigenvalue weighted by atomic mass is 16.8. The molecule has 1 aromatic carbocycles. The second-order valence-electron chi connectivity index (χ2n) is 11.7. The first-order valence-electron chi connectivity index (χ1n) is 14.2. The second-order valence-corrected chi connectivity index (χ2v) is 11.7. The Bertz CT molecular complexity index is 1110. The van der Waals surface area contributed by atoms with Gasteiger partial charge in [-0.1, -0.05) is 19.1 Å². The standard InChI is InChI=1S/C30H41N3O8/c1-20(18-26(35)23-8-6-22(19-31)7-9-23)27(36)32-14-12-25(13-15-32)39-28(38-21(2)34)24-10-16-33(17-11-24)41-29(37)40-30(3,4)5/h6-9,20,24-25,28H,10-18H2,1-5H3/t20?,28-/m0/s1. The van der Waals surface area contributed by atoms with Gasteiger partial charge in [0.05, 0.1) is 17.7 Å². The van der Waals surface area contributed by atoms with Crippen molar-refractivity contribution in [2.24, 2.45) is 11.8 Å². The van der Waals surface area contributed by atoms with E-state index in [1.54, 1.807) is 61.9 Å². The second kappa shape index (κ2) is 14.4. The van der Waals surface area contributed by atoms with Crippen molar-refractivity contribution in [2.75, 3.05) is 26.2 Å². The third-order valence-electron chi connectivity index (χ3n) is 7.09. The molecule has 1 unspecified atom stereocenters. The minimum atomic E-state index is -0.752. The number of carbonyl (C=O) groups excluding carboxylic acids is 4. The number of benzene rings is 1.